The first-order valence-electron chi connectivity index (χ1n) is 7.30. The van der Waals surface area contributed by atoms with E-state index < -0.39 is 0 Å². The molecule has 0 unspecified atom stereocenters. The van der Waals surface area contributed by atoms with Crippen molar-refractivity contribution >= 4 is 28.9 Å². The molecule has 0 spiro atoms. The highest BCUT2D eigenvalue weighted by atomic mass is 16.2. The Morgan fingerprint density at radius 1 is 0.826 bits per heavy atom. The molecule has 0 aliphatic heterocycles. The van der Waals surface area contributed by atoms with Gasteiger partial charge in [-0.05, 0) is 37.1 Å². The minimum absolute atomic E-state index is 0.351. The van der Waals surface area contributed by atoms with E-state index in [1.807, 2.05) is 44.2 Å². The van der Waals surface area contributed by atoms with E-state index in [1.165, 1.54) is 13.8 Å². The number of azo groups is 1. The summed E-state index contributed by atoms with van der Waals surface area (Å²) in [5.74, 6) is -0.703. The third kappa shape index (κ3) is 3.69. The van der Waals surface area contributed by atoms with E-state index in [0.29, 0.717) is 11.4 Å². The van der Waals surface area contributed by atoms with E-state index in [2.05, 4.69) is 10.2 Å². The second-order valence-corrected chi connectivity index (χ2v) is 5.30. The Hall–Kier alpha value is -2.82. The topological polar surface area (TPSA) is 62.1 Å². The highest BCUT2D eigenvalue weighted by Crippen LogP contribution is 2.34. The molecule has 2 aromatic rings. The van der Waals surface area contributed by atoms with Crippen molar-refractivity contribution in [2.45, 2.75) is 27.7 Å². The van der Waals surface area contributed by atoms with Gasteiger partial charge in [-0.25, -0.2) is 4.90 Å². The van der Waals surface area contributed by atoms with Gasteiger partial charge in [0.15, 0.2) is 0 Å². The number of benzene rings is 2. The average molecular weight is 309 g/mol. The van der Waals surface area contributed by atoms with Crippen LogP contribution in [0.25, 0.3) is 0 Å². The summed E-state index contributed by atoms with van der Waals surface area (Å²) in [5.41, 5.74) is 3.55. The minimum Gasteiger partial charge on any atom is -0.274 e. The van der Waals surface area contributed by atoms with Crippen LogP contribution in [0.4, 0.5) is 17.1 Å². The third-order valence-electron chi connectivity index (χ3n) is 3.46. The van der Waals surface area contributed by atoms with Crippen LogP contribution in [0.15, 0.2) is 52.7 Å². The fourth-order valence-electron chi connectivity index (χ4n) is 2.29. The third-order valence-corrected chi connectivity index (χ3v) is 3.46. The van der Waals surface area contributed by atoms with Gasteiger partial charge in [-0.1, -0.05) is 30.3 Å². The van der Waals surface area contributed by atoms with Gasteiger partial charge in [-0.3, -0.25) is 9.59 Å². The Kier molecular flexibility index (Phi) is 5.01. The van der Waals surface area contributed by atoms with Crippen LogP contribution in [0, 0.1) is 13.8 Å². The maximum Gasteiger partial charge on any atom is 0.230 e. The van der Waals surface area contributed by atoms with E-state index in [9.17, 15) is 9.59 Å². The number of nitrogens with zero attached hydrogens (tertiary/aromatic N) is 3. The maximum absolute atomic E-state index is 11.8. The average Bonchev–Trinajstić information content (AvgIpc) is 2.47. The van der Waals surface area contributed by atoms with Crippen LogP contribution < -0.4 is 4.90 Å². The molecule has 0 atom stereocenters. The zero-order valence-corrected chi connectivity index (χ0v) is 13.7. The molecule has 0 N–H and O–H groups in total. The molecule has 5 heteroatoms. The lowest BCUT2D eigenvalue weighted by Gasteiger charge is -2.19. The number of aryl methyl sites for hydroxylation is 2. The predicted octanol–water partition coefficient (Wildman–Crippen LogP) is 4.62. The Labute approximate surface area is 135 Å². The summed E-state index contributed by atoms with van der Waals surface area (Å²) in [7, 11) is 0. The number of amides is 2. The van der Waals surface area contributed by atoms with Gasteiger partial charge in [0.1, 0.15) is 5.69 Å². The van der Waals surface area contributed by atoms with Gasteiger partial charge in [-0.2, -0.15) is 5.11 Å². The zero-order chi connectivity index (χ0) is 17.0. The number of anilines is 1. The van der Waals surface area contributed by atoms with Crippen LogP contribution in [0.1, 0.15) is 25.0 Å². The van der Waals surface area contributed by atoms with Gasteiger partial charge in [0, 0.05) is 13.8 Å². The molecule has 2 aromatic carbocycles. The summed E-state index contributed by atoms with van der Waals surface area (Å²) in [6, 6.07) is 13.0. The summed E-state index contributed by atoms with van der Waals surface area (Å²) in [6.45, 7) is 6.52. The van der Waals surface area contributed by atoms with Gasteiger partial charge >= 0.3 is 0 Å². The zero-order valence-electron chi connectivity index (χ0n) is 13.7. The van der Waals surface area contributed by atoms with Gasteiger partial charge < -0.3 is 0 Å². The molecule has 0 bridgehead atoms. The molecular formula is C18H19N3O2. The Morgan fingerprint density at radius 2 is 1.43 bits per heavy atom. The fraction of sp³-hybridized carbons (Fsp3) is 0.222. The van der Waals surface area contributed by atoms with Crippen molar-refractivity contribution in [1.29, 1.82) is 0 Å². The number of rotatable bonds is 3. The summed E-state index contributed by atoms with van der Waals surface area (Å²) in [4.78, 5) is 24.7. The Balaban J connectivity index is 2.52. The lowest BCUT2D eigenvalue weighted by atomic mass is 10.1. The molecule has 2 amide bonds. The minimum atomic E-state index is -0.351. The Morgan fingerprint density at radius 3 is 2.04 bits per heavy atom. The van der Waals surface area contributed by atoms with Crippen molar-refractivity contribution in [3.8, 4) is 0 Å². The summed E-state index contributed by atoms with van der Waals surface area (Å²) >= 11 is 0. The van der Waals surface area contributed by atoms with E-state index in [4.69, 9.17) is 0 Å². The van der Waals surface area contributed by atoms with E-state index in [0.717, 1.165) is 21.7 Å². The predicted molar refractivity (Wildman–Crippen MR) is 90.4 cm³/mol. The first-order chi connectivity index (χ1) is 10.9. The van der Waals surface area contributed by atoms with Crippen molar-refractivity contribution in [1.82, 2.24) is 0 Å². The first-order valence-corrected chi connectivity index (χ1v) is 7.30. The highest BCUT2D eigenvalue weighted by Gasteiger charge is 2.20. The number of imide groups is 1. The van der Waals surface area contributed by atoms with Crippen molar-refractivity contribution in [3.05, 3.63) is 53.6 Å². The molecule has 0 aromatic heterocycles. The standard InChI is InChI=1S/C18H19N3O2/c1-12-8-5-6-10-16(12)19-20-18-13(2)9-7-11-17(18)21(14(3)22)15(4)23/h5-11H,1-4H3. The summed E-state index contributed by atoms with van der Waals surface area (Å²) in [5, 5.41) is 8.58. The second-order valence-electron chi connectivity index (χ2n) is 5.30. The molecule has 0 aliphatic carbocycles. The SMILES string of the molecule is CC(=O)N(C(C)=O)c1cccc(C)c1N=Nc1ccccc1C. The van der Waals surface area contributed by atoms with Crippen LogP contribution in [0.3, 0.4) is 0 Å². The van der Waals surface area contributed by atoms with Crippen molar-refractivity contribution in [2.24, 2.45) is 10.2 Å². The largest absolute Gasteiger partial charge is 0.274 e. The maximum atomic E-state index is 11.8. The van der Waals surface area contributed by atoms with Gasteiger partial charge in [0.2, 0.25) is 11.8 Å². The second kappa shape index (κ2) is 6.96. The first kappa shape index (κ1) is 16.5. The number of hydrogen-bond donors (Lipinski definition) is 0. The number of carbonyl (C=O) groups excluding carboxylic acids is 2. The lowest BCUT2D eigenvalue weighted by Crippen LogP contribution is -2.33. The number of hydrogen-bond acceptors (Lipinski definition) is 4. The van der Waals surface area contributed by atoms with Crippen LogP contribution in [0.5, 0.6) is 0 Å². The molecular weight excluding hydrogens is 290 g/mol. The monoisotopic (exact) mass is 309 g/mol. The Bertz CT molecular complexity index is 768. The molecule has 0 radical (unpaired) electrons. The normalized spacial score (nSPS) is 10.8. The van der Waals surface area contributed by atoms with Gasteiger partial charge in [0.05, 0.1) is 11.4 Å². The van der Waals surface area contributed by atoms with Crippen LogP contribution in [-0.4, -0.2) is 11.8 Å². The summed E-state index contributed by atoms with van der Waals surface area (Å²) in [6.07, 6.45) is 0. The van der Waals surface area contributed by atoms with E-state index >= 15 is 0 Å². The van der Waals surface area contributed by atoms with Crippen molar-refractivity contribution in [2.75, 3.05) is 4.90 Å². The van der Waals surface area contributed by atoms with Crippen LogP contribution in [0.2, 0.25) is 0 Å². The lowest BCUT2D eigenvalue weighted by molar-refractivity contribution is -0.124. The highest BCUT2D eigenvalue weighted by molar-refractivity contribution is 6.14. The quantitative estimate of drug-likeness (QED) is 0.777. The summed E-state index contributed by atoms with van der Waals surface area (Å²) < 4.78 is 0. The van der Waals surface area contributed by atoms with Crippen LogP contribution in [-0.2, 0) is 9.59 Å². The molecule has 0 saturated carbocycles. The molecule has 0 aliphatic rings. The molecule has 0 fully saturated rings. The van der Waals surface area contributed by atoms with Crippen molar-refractivity contribution < 1.29 is 9.59 Å². The number of carbonyl (C=O) groups is 2. The van der Waals surface area contributed by atoms with Gasteiger partial charge in [-0.15, -0.1) is 5.11 Å². The molecule has 0 saturated heterocycles. The van der Waals surface area contributed by atoms with E-state index in [1.54, 1.807) is 12.1 Å². The van der Waals surface area contributed by atoms with Gasteiger partial charge in [0.25, 0.3) is 0 Å². The van der Waals surface area contributed by atoms with Crippen molar-refractivity contribution in [3.63, 3.8) is 0 Å². The van der Waals surface area contributed by atoms with Crippen LogP contribution >= 0.6 is 0 Å². The molecule has 23 heavy (non-hydrogen) atoms. The smallest absolute Gasteiger partial charge is 0.230 e. The van der Waals surface area contributed by atoms with E-state index in [-0.39, 0.29) is 11.8 Å². The fourth-order valence-corrected chi connectivity index (χ4v) is 2.29. The molecule has 2 rings (SSSR count). The molecule has 0 heterocycles. The molecule has 118 valence electrons. The molecule has 5 nitrogen and oxygen atoms in total.